The van der Waals surface area contributed by atoms with Crippen LogP contribution >= 0.6 is 0 Å². The molecular weight excluding hydrogens is 389 g/mol. The number of methoxy groups -OCH3 is 1. The Kier molecular flexibility index (Phi) is 6.83. The van der Waals surface area contributed by atoms with Crippen LogP contribution in [0.2, 0.25) is 0 Å². The summed E-state index contributed by atoms with van der Waals surface area (Å²) in [6.45, 7) is 2.75. The van der Waals surface area contributed by atoms with Gasteiger partial charge in [0.1, 0.15) is 17.6 Å². The molecule has 0 aliphatic carbocycles. The van der Waals surface area contributed by atoms with Crippen molar-refractivity contribution in [1.82, 2.24) is 25.1 Å². The minimum atomic E-state index is -0.507. The van der Waals surface area contributed by atoms with Gasteiger partial charge in [-0.3, -0.25) is 4.90 Å². The summed E-state index contributed by atoms with van der Waals surface area (Å²) in [6.07, 6.45) is 3.69. The number of furan rings is 1. The van der Waals surface area contributed by atoms with Gasteiger partial charge in [0, 0.05) is 25.8 Å². The summed E-state index contributed by atoms with van der Waals surface area (Å²) in [6, 6.07) is 10.00. The van der Waals surface area contributed by atoms with Crippen molar-refractivity contribution in [2.24, 2.45) is 0 Å². The van der Waals surface area contributed by atoms with Crippen molar-refractivity contribution in [3.05, 3.63) is 65.6 Å². The summed E-state index contributed by atoms with van der Waals surface area (Å²) in [7, 11) is 1.62. The molecule has 3 aromatic rings. The van der Waals surface area contributed by atoms with E-state index in [0.29, 0.717) is 37.6 Å². The standard InChI is InChI=1S/C21H26FN5O3/c1-28-13-10-27-21(23-24-25-27)20(18-8-2-3-9-19(18)22)26(14-16-6-4-11-29-16)15-17-7-5-12-30-17/h2-4,6,8-9,11,17,20H,5,7,10,12-15H2,1H3/t17-,20+/m0/s1. The first-order chi connectivity index (χ1) is 14.8. The average molecular weight is 415 g/mol. The minimum Gasteiger partial charge on any atom is -0.468 e. The van der Waals surface area contributed by atoms with Crippen LogP contribution in [0.15, 0.2) is 47.1 Å². The van der Waals surface area contributed by atoms with E-state index in [2.05, 4.69) is 20.4 Å². The number of aromatic nitrogens is 4. The molecule has 2 aromatic heterocycles. The topological polar surface area (TPSA) is 78.4 Å². The molecule has 0 unspecified atom stereocenters. The maximum atomic E-state index is 15.0. The number of hydrogen-bond donors (Lipinski definition) is 0. The van der Waals surface area contributed by atoms with Gasteiger partial charge < -0.3 is 13.9 Å². The molecule has 1 aromatic carbocycles. The van der Waals surface area contributed by atoms with Crippen molar-refractivity contribution in [2.75, 3.05) is 26.9 Å². The molecule has 160 valence electrons. The van der Waals surface area contributed by atoms with Crippen LogP contribution in [0.4, 0.5) is 4.39 Å². The Morgan fingerprint density at radius 2 is 2.20 bits per heavy atom. The molecule has 0 spiro atoms. The van der Waals surface area contributed by atoms with E-state index >= 15 is 0 Å². The fourth-order valence-corrected chi connectivity index (χ4v) is 3.85. The molecule has 3 heterocycles. The quantitative estimate of drug-likeness (QED) is 0.504. The highest BCUT2D eigenvalue weighted by atomic mass is 19.1. The van der Waals surface area contributed by atoms with E-state index < -0.39 is 6.04 Å². The summed E-state index contributed by atoms with van der Waals surface area (Å²) >= 11 is 0. The lowest BCUT2D eigenvalue weighted by molar-refractivity contribution is 0.0537. The Balaban J connectivity index is 1.74. The number of halogens is 1. The molecule has 9 heteroatoms. The second kappa shape index (κ2) is 9.92. The monoisotopic (exact) mass is 415 g/mol. The Bertz CT molecular complexity index is 911. The van der Waals surface area contributed by atoms with E-state index in [4.69, 9.17) is 13.9 Å². The lowest BCUT2D eigenvalue weighted by Gasteiger charge is -2.32. The van der Waals surface area contributed by atoms with E-state index in [9.17, 15) is 4.39 Å². The van der Waals surface area contributed by atoms with Gasteiger partial charge in [-0.15, -0.1) is 5.10 Å². The first-order valence-electron chi connectivity index (χ1n) is 10.1. The van der Waals surface area contributed by atoms with E-state index in [1.54, 1.807) is 30.2 Å². The van der Waals surface area contributed by atoms with Crippen LogP contribution in [0.25, 0.3) is 0 Å². The van der Waals surface area contributed by atoms with Gasteiger partial charge in [0.15, 0.2) is 5.82 Å². The van der Waals surface area contributed by atoms with Gasteiger partial charge in [0.25, 0.3) is 0 Å². The molecule has 1 fully saturated rings. The second-order valence-corrected chi connectivity index (χ2v) is 7.32. The normalized spacial score (nSPS) is 17.6. The van der Waals surface area contributed by atoms with Crippen LogP contribution in [0.3, 0.4) is 0 Å². The molecule has 1 saturated heterocycles. The number of tetrazole rings is 1. The van der Waals surface area contributed by atoms with E-state index in [1.165, 1.54) is 6.07 Å². The van der Waals surface area contributed by atoms with Crippen molar-refractivity contribution >= 4 is 0 Å². The van der Waals surface area contributed by atoms with Crippen LogP contribution in [-0.2, 0) is 22.6 Å². The second-order valence-electron chi connectivity index (χ2n) is 7.32. The number of benzene rings is 1. The highest BCUT2D eigenvalue weighted by molar-refractivity contribution is 5.27. The van der Waals surface area contributed by atoms with Crippen molar-refractivity contribution in [1.29, 1.82) is 0 Å². The molecule has 8 nitrogen and oxygen atoms in total. The maximum absolute atomic E-state index is 15.0. The summed E-state index contributed by atoms with van der Waals surface area (Å²) in [5, 5.41) is 12.3. The third-order valence-corrected chi connectivity index (χ3v) is 5.28. The van der Waals surface area contributed by atoms with Gasteiger partial charge in [0.05, 0.1) is 32.1 Å². The maximum Gasteiger partial charge on any atom is 0.173 e. The Morgan fingerprint density at radius 1 is 1.30 bits per heavy atom. The van der Waals surface area contributed by atoms with Crippen LogP contribution in [0.5, 0.6) is 0 Å². The zero-order chi connectivity index (χ0) is 20.8. The van der Waals surface area contributed by atoms with Crippen LogP contribution in [0, 0.1) is 5.82 Å². The summed E-state index contributed by atoms with van der Waals surface area (Å²) in [5.74, 6) is 1.03. The number of ether oxygens (including phenoxy) is 2. The first-order valence-corrected chi connectivity index (χ1v) is 10.1. The average Bonchev–Trinajstić information content (AvgIpc) is 3.52. The predicted molar refractivity (Wildman–Crippen MR) is 106 cm³/mol. The molecule has 0 saturated carbocycles. The molecule has 0 radical (unpaired) electrons. The predicted octanol–water partition coefficient (Wildman–Crippen LogP) is 2.82. The molecule has 4 rings (SSSR count). The van der Waals surface area contributed by atoms with Gasteiger partial charge in [-0.2, -0.15) is 0 Å². The van der Waals surface area contributed by atoms with Gasteiger partial charge in [-0.05, 0) is 41.5 Å². The van der Waals surface area contributed by atoms with Crippen molar-refractivity contribution in [2.45, 2.75) is 38.1 Å². The Labute approximate surface area is 174 Å². The summed E-state index contributed by atoms with van der Waals surface area (Å²) < 4.78 is 33.3. The van der Waals surface area contributed by atoms with Crippen LogP contribution in [0.1, 0.15) is 36.0 Å². The first kappa shape index (κ1) is 20.6. The Morgan fingerprint density at radius 3 is 2.93 bits per heavy atom. The molecule has 30 heavy (non-hydrogen) atoms. The zero-order valence-electron chi connectivity index (χ0n) is 17.0. The lowest BCUT2D eigenvalue weighted by Crippen LogP contribution is -2.37. The summed E-state index contributed by atoms with van der Waals surface area (Å²) in [5.41, 5.74) is 0.510. The fraction of sp³-hybridized carbons (Fsp3) is 0.476. The fourth-order valence-electron chi connectivity index (χ4n) is 3.85. The zero-order valence-corrected chi connectivity index (χ0v) is 17.0. The molecular formula is C21H26FN5O3. The largest absolute Gasteiger partial charge is 0.468 e. The number of nitrogens with zero attached hydrogens (tertiary/aromatic N) is 5. The van der Waals surface area contributed by atoms with Crippen molar-refractivity contribution in [3.63, 3.8) is 0 Å². The van der Waals surface area contributed by atoms with Gasteiger partial charge in [0.2, 0.25) is 0 Å². The van der Waals surface area contributed by atoms with E-state index in [1.807, 2.05) is 18.2 Å². The SMILES string of the molecule is COCCn1nnnc1[C@@H](c1ccccc1F)N(Cc1ccco1)C[C@@H]1CCCO1. The molecule has 2 atom stereocenters. The minimum absolute atomic E-state index is 0.0672. The molecule has 1 aliphatic heterocycles. The Hall–Kier alpha value is -2.62. The van der Waals surface area contributed by atoms with Crippen LogP contribution < -0.4 is 0 Å². The van der Waals surface area contributed by atoms with Crippen LogP contribution in [-0.4, -0.2) is 58.1 Å². The van der Waals surface area contributed by atoms with E-state index in [0.717, 1.165) is 25.2 Å². The van der Waals surface area contributed by atoms with Gasteiger partial charge >= 0.3 is 0 Å². The third kappa shape index (κ3) is 4.75. The molecule has 0 bridgehead atoms. The number of rotatable bonds is 10. The van der Waals surface area contributed by atoms with Crippen molar-refractivity contribution < 1.29 is 18.3 Å². The third-order valence-electron chi connectivity index (χ3n) is 5.28. The number of hydrogen-bond acceptors (Lipinski definition) is 7. The molecule has 0 amide bonds. The van der Waals surface area contributed by atoms with Crippen molar-refractivity contribution in [3.8, 4) is 0 Å². The lowest BCUT2D eigenvalue weighted by atomic mass is 10.0. The molecule has 1 aliphatic rings. The highest BCUT2D eigenvalue weighted by Crippen LogP contribution is 2.32. The molecule has 0 N–H and O–H groups in total. The van der Waals surface area contributed by atoms with Gasteiger partial charge in [-0.25, -0.2) is 9.07 Å². The summed E-state index contributed by atoms with van der Waals surface area (Å²) in [4.78, 5) is 2.13. The van der Waals surface area contributed by atoms with E-state index in [-0.39, 0.29) is 11.9 Å². The smallest absolute Gasteiger partial charge is 0.173 e. The highest BCUT2D eigenvalue weighted by Gasteiger charge is 2.33. The van der Waals surface area contributed by atoms with Gasteiger partial charge in [-0.1, -0.05) is 18.2 Å².